The largest absolute Gasteiger partial charge is 0.383 e. The fraction of sp³-hybridized carbons (Fsp3) is 0.0526. The third-order valence-electron chi connectivity index (χ3n) is 4.61. The number of fused-ring (bicyclic) bond motifs is 1. The summed E-state index contributed by atoms with van der Waals surface area (Å²) in [6.45, 7) is -0.323. The standard InChI is InChI=1S/C19H14BrN5O5S2/c20-9-1-6-13-12(7-9)15(16-17(21)24-19(28)31-16)18(27)25(13)8-14(26)23-10-2-4-11(5-3-10)32(22,29)30/h1-7H,8H2,(H,23,26)(H2,21,24,28)(H2,22,29,30)/b16-15+. The number of amides is 3. The van der Waals surface area contributed by atoms with Crippen LogP contribution in [0.4, 0.5) is 16.2 Å². The van der Waals surface area contributed by atoms with Crippen molar-refractivity contribution in [3.63, 3.8) is 0 Å². The molecule has 2 aliphatic heterocycles. The van der Waals surface area contributed by atoms with Gasteiger partial charge in [-0.3, -0.25) is 19.3 Å². The van der Waals surface area contributed by atoms with Crippen LogP contribution in [-0.2, 0) is 19.6 Å². The number of primary sulfonamides is 1. The third kappa shape index (κ3) is 4.19. The Labute approximate surface area is 194 Å². The van der Waals surface area contributed by atoms with E-state index in [9.17, 15) is 22.8 Å². The molecule has 164 valence electrons. The Balaban J connectivity index is 1.61. The Kier molecular flexibility index (Phi) is 5.67. The van der Waals surface area contributed by atoms with E-state index in [2.05, 4.69) is 26.2 Å². The van der Waals surface area contributed by atoms with Crippen LogP contribution in [0.15, 0.2) is 61.7 Å². The Bertz CT molecular complexity index is 1350. The van der Waals surface area contributed by atoms with E-state index >= 15 is 0 Å². The van der Waals surface area contributed by atoms with Crippen molar-refractivity contribution in [2.24, 2.45) is 15.9 Å². The molecule has 0 radical (unpaired) electrons. The number of carbonyl (C=O) groups excluding carboxylic acids is 3. The van der Waals surface area contributed by atoms with Gasteiger partial charge in [-0.25, -0.2) is 13.6 Å². The van der Waals surface area contributed by atoms with Crippen molar-refractivity contribution >= 4 is 77.6 Å². The average Bonchev–Trinajstić information content (AvgIpc) is 3.16. The molecule has 0 saturated heterocycles. The average molecular weight is 536 g/mol. The number of benzene rings is 2. The molecule has 13 heteroatoms. The van der Waals surface area contributed by atoms with Crippen LogP contribution >= 0.6 is 27.7 Å². The first-order chi connectivity index (χ1) is 15.0. The zero-order valence-electron chi connectivity index (χ0n) is 16.0. The molecule has 3 amide bonds. The van der Waals surface area contributed by atoms with Gasteiger partial charge in [0.2, 0.25) is 15.9 Å². The van der Waals surface area contributed by atoms with Gasteiger partial charge >= 0.3 is 5.24 Å². The maximum absolute atomic E-state index is 13.2. The van der Waals surface area contributed by atoms with Crippen LogP contribution in [0.25, 0.3) is 5.57 Å². The number of aliphatic imine (C=N–C) groups is 1. The van der Waals surface area contributed by atoms with E-state index in [1.54, 1.807) is 18.2 Å². The fourth-order valence-electron chi connectivity index (χ4n) is 3.24. The SMILES string of the molecule is NC1=NC(=O)S/C1=C1/C(=O)N(CC(=O)Nc2ccc(S(N)(=O)=O)cc2)c2ccc(Br)cc21. The number of hydrogen-bond donors (Lipinski definition) is 3. The topological polar surface area (TPSA) is 165 Å². The van der Waals surface area contributed by atoms with Crippen molar-refractivity contribution < 1.29 is 22.8 Å². The number of rotatable bonds is 4. The van der Waals surface area contributed by atoms with Gasteiger partial charge in [-0.05, 0) is 54.2 Å². The number of nitrogens with one attached hydrogen (secondary N) is 1. The Morgan fingerprint density at radius 1 is 1.16 bits per heavy atom. The van der Waals surface area contributed by atoms with Crippen LogP contribution in [0.3, 0.4) is 0 Å². The van der Waals surface area contributed by atoms with Crippen LogP contribution in [0.2, 0.25) is 0 Å². The Morgan fingerprint density at radius 3 is 2.44 bits per heavy atom. The number of nitrogens with two attached hydrogens (primary N) is 2. The molecule has 0 bridgehead atoms. The molecule has 0 saturated carbocycles. The van der Waals surface area contributed by atoms with Gasteiger partial charge in [-0.1, -0.05) is 15.9 Å². The lowest BCUT2D eigenvalue weighted by Crippen LogP contribution is -2.35. The predicted octanol–water partition coefficient (Wildman–Crippen LogP) is 2.02. The van der Waals surface area contributed by atoms with Gasteiger partial charge in [0.25, 0.3) is 5.91 Å². The van der Waals surface area contributed by atoms with Gasteiger partial charge < -0.3 is 11.1 Å². The van der Waals surface area contributed by atoms with Gasteiger partial charge in [-0.15, -0.1) is 0 Å². The van der Waals surface area contributed by atoms with E-state index in [-0.39, 0.29) is 27.8 Å². The van der Waals surface area contributed by atoms with Gasteiger partial charge in [0.15, 0.2) is 0 Å². The molecule has 2 heterocycles. The minimum Gasteiger partial charge on any atom is -0.383 e. The normalized spacial score (nSPS) is 18.1. The second-order valence-corrected chi connectivity index (χ2v) is 10.2. The van der Waals surface area contributed by atoms with Crippen LogP contribution in [0.1, 0.15) is 5.56 Å². The number of sulfonamides is 1. The number of carbonyl (C=O) groups is 3. The minimum atomic E-state index is -3.85. The number of amidine groups is 1. The number of halogens is 1. The van der Waals surface area contributed by atoms with Gasteiger partial charge in [0, 0.05) is 15.7 Å². The van der Waals surface area contributed by atoms with Gasteiger partial charge in [0.05, 0.1) is 21.1 Å². The second kappa shape index (κ2) is 8.16. The number of nitrogens with zero attached hydrogens (tertiary/aromatic N) is 2. The molecule has 0 unspecified atom stereocenters. The molecule has 5 N–H and O–H groups in total. The highest BCUT2D eigenvalue weighted by Crippen LogP contribution is 2.43. The lowest BCUT2D eigenvalue weighted by Gasteiger charge is -2.17. The summed E-state index contributed by atoms with van der Waals surface area (Å²) in [7, 11) is -3.85. The summed E-state index contributed by atoms with van der Waals surface area (Å²) < 4.78 is 23.4. The lowest BCUT2D eigenvalue weighted by atomic mass is 10.1. The van der Waals surface area contributed by atoms with E-state index < -0.39 is 27.1 Å². The molecule has 0 spiro atoms. The zero-order valence-corrected chi connectivity index (χ0v) is 19.3. The van der Waals surface area contributed by atoms with E-state index in [1.807, 2.05) is 0 Å². The smallest absolute Gasteiger partial charge is 0.311 e. The molecule has 2 aromatic rings. The van der Waals surface area contributed by atoms with Gasteiger partial charge in [-0.2, -0.15) is 4.99 Å². The van der Waals surface area contributed by atoms with Crippen LogP contribution in [0.5, 0.6) is 0 Å². The molecule has 32 heavy (non-hydrogen) atoms. The molecule has 0 aliphatic carbocycles. The Morgan fingerprint density at radius 2 is 1.84 bits per heavy atom. The number of thioether (sulfide) groups is 1. The van der Waals surface area contributed by atoms with E-state index in [0.29, 0.717) is 21.4 Å². The minimum absolute atomic E-state index is 0.0458. The molecule has 10 nitrogen and oxygen atoms in total. The fourth-order valence-corrected chi connectivity index (χ4v) is 4.89. The van der Waals surface area contributed by atoms with Crippen molar-refractivity contribution in [3.8, 4) is 0 Å². The van der Waals surface area contributed by atoms with Crippen molar-refractivity contribution in [1.82, 2.24) is 0 Å². The highest BCUT2D eigenvalue weighted by atomic mass is 79.9. The van der Waals surface area contributed by atoms with Crippen molar-refractivity contribution in [2.75, 3.05) is 16.8 Å². The summed E-state index contributed by atoms with van der Waals surface area (Å²) in [6, 6.07) is 10.4. The molecule has 4 rings (SSSR count). The zero-order chi connectivity index (χ0) is 23.2. The quantitative estimate of drug-likeness (QED) is 0.503. The highest BCUT2D eigenvalue weighted by Gasteiger charge is 2.38. The first-order valence-electron chi connectivity index (χ1n) is 8.90. The maximum atomic E-state index is 13.2. The van der Waals surface area contributed by atoms with Crippen molar-refractivity contribution in [2.45, 2.75) is 4.90 Å². The molecule has 0 atom stereocenters. The molecular formula is C19H14BrN5O5S2. The molecule has 2 aromatic carbocycles. The molecule has 0 aromatic heterocycles. The van der Waals surface area contributed by atoms with Crippen LogP contribution < -0.4 is 21.1 Å². The summed E-state index contributed by atoms with van der Waals surface area (Å²) in [5.74, 6) is -1.05. The second-order valence-electron chi connectivity index (χ2n) is 6.74. The van der Waals surface area contributed by atoms with Gasteiger partial charge in [0.1, 0.15) is 12.4 Å². The summed E-state index contributed by atoms with van der Waals surface area (Å²) in [6.07, 6.45) is 0. The summed E-state index contributed by atoms with van der Waals surface area (Å²) in [5.41, 5.74) is 7.36. The highest BCUT2D eigenvalue weighted by molar-refractivity contribution is 9.10. The first kappa shape index (κ1) is 22.2. The third-order valence-corrected chi connectivity index (χ3v) is 6.91. The summed E-state index contributed by atoms with van der Waals surface area (Å²) in [5, 5.41) is 7.15. The van der Waals surface area contributed by atoms with Crippen LogP contribution in [-0.4, -0.2) is 37.9 Å². The monoisotopic (exact) mass is 535 g/mol. The van der Waals surface area contributed by atoms with Crippen molar-refractivity contribution in [1.29, 1.82) is 0 Å². The van der Waals surface area contributed by atoms with Crippen LogP contribution in [0, 0.1) is 0 Å². The summed E-state index contributed by atoms with van der Waals surface area (Å²) in [4.78, 5) is 42.6. The molecular weight excluding hydrogens is 522 g/mol. The number of hydrogen-bond acceptors (Lipinski definition) is 7. The molecule has 2 aliphatic rings. The molecule has 0 fully saturated rings. The predicted molar refractivity (Wildman–Crippen MR) is 124 cm³/mol. The maximum Gasteiger partial charge on any atom is 0.311 e. The Hall–Kier alpha value is -3.00. The van der Waals surface area contributed by atoms with E-state index in [4.69, 9.17) is 10.9 Å². The lowest BCUT2D eigenvalue weighted by molar-refractivity contribution is -0.118. The first-order valence-corrected chi connectivity index (χ1v) is 12.1. The van der Waals surface area contributed by atoms with E-state index in [0.717, 1.165) is 11.8 Å². The number of anilines is 2. The van der Waals surface area contributed by atoms with E-state index in [1.165, 1.54) is 29.2 Å². The van der Waals surface area contributed by atoms with Crippen molar-refractivity contribution in [3.05, 3.63) is 57.4 Å². The summed E-state index contributed by atoms with van der Waals surface area (Å²) >= 11 is 4.12.